The van der Waals surface area contributed by atoms with Crippen LogP contribution in [0.15, 0.2) is 208 Å². The van der Waals surface area contributed by atoms with Gasteiger partial charge in [0.1, 0.15) is 0 Å². The van der Waals surface area contributed by atoms with Gasteiger partial charge in [0.2, 0.25) is 0 Å². The Balaban J connectivity index is 1.35. The van der Waals surface area contributed by atoms with E-state index in [9.17, 15) is 33.7 Å². The maximum atomic E-state index is 12.5. The van der Waals surface area contributed by atoms with Gasteiger partial charge in [-0.15, -0.1) is 0 Å². The maximum absolute atomic E-state index is 12.5. The van der Waals surface area contributed by atoms with Crippen LogP contribution in [0, 0.1) is 0 Å². The van der Waals surface area contributed by atoms with E-state index in [1.807, 2.05) is 48.6 Å². The van der Waals surface area contributed by atoms with Gasteiger partial charge in [0, 0.05) is 47.3 Å². The first kappa shape index (κ1) is 42.6. The summed E-state index contributed by atoms with van der Waals surface area (Å²) in [5, 5.41) is 0. The normalized spacial score (nSPS) is 21.9. The second-order valence-corrected chi connectivity index (χ2v) is 23.6. The van der Waals surface area contributed by atoms with Crippen molar-refractivity contribution in [1.29, 1.82) is 0 Å². The third kappa shape index (κ3) is 8.16. The van der Waals surface area contributed by atoms with Crippen LogP contribution in [0.2, 0.25) is 0 Å². The minimum atomic E-state index is -3.52. The van der Waals surface area contributed by atoms with E-state index in [2.05, 4.69) is 0 Å². The molecule has 5 aliphatic heterocycles. The van der Waals surface area contributed by atoms with Gasteiger partial charge in [-0.2, -0.15) is 0 Å². The topological polar surface area (TPSA) is 186 Å². The maximum Gasteiger partial charge on any atom is 0.175 e. The predicted molar refractivity (Wildman–Crippen MR) is 252 cm³/mol. The van der Waals surface area contributed by atoms with E-state index >= 15 is 0 Å². The second-order valence-electron chi connectivity index (χ2n) is 15.5. The predicted octanol–water partition coefficient (Wildman–Crippen LogP) is 7.30. The molecule has 8 bridgehead atoms. The number of allylic oxidation sites excluding steroid dienone is 12. The smallest absolute Gasteiger partial charge is 0.175 e. The number of sulfone groups is 4. The summed E-state index contributed by atoms with van der Waals surface area (Å²) in [5.41, 5.74) is 8.88. The third-order valence-electron chi connectivity index (χ3n) is 10.9. The van der Waals surface area contributed by atoms with Crippen molar-refractivity contribution in [2.75, 3.05) is 25.0 Å². The van der Waals surface area contributed by atoms with Gasteiger partial charge in [-0.1, -0.05) is 48.5 Å². The fraction of sp³-hybridized carbons (Fsp3) is 0.0833. The molecule has 0 amide bonds. The van der Waals surface area contributed by atoms with Crippen LogP contribution in [-0.4, -0.2) is 81.5 Å². The Morgan fingerprint density at radius 2 is 0.438 bits per heavy atom. The molecule has 4 aromatic rings. The fourth-order valence-electron chi connectivity index (χ4n) is 7.75. The average Bonchev–Trinajstić information content (AvgIpc) is 4.08. The number of hydrogen-bond acceptors (Lipinski definition) is 12. The molecule has 0 aliphatic carbocycles. The standard InChI is InChI=1S/C48H36N4O8S4/c1-61(53,54)33-13-5-29(6-14-33)45-37-21-23-39(49-37)46(30-7-15-34(16-8-30)62(2,55)56)41-25-27-43(51-41)48(32-11-19-36(20-12-32)64(4,59)60)44-28-26-42(52-44)47(40-24-22-38(45)50-40)31-9-17-35(18-10-31)63(3,57)58/h5-28H,1-4H3/b45-37-,45-38?,46-39?,46-41-,47-40-,47-42?,48-43?,48-44-. The molecular weight excluding hydrogens is 889 g/mol. The van der Waals surface area contributed by atoms with Crippen LogP contribution < -0.4 is 0 Å². The summed E-state index contributed by atoms with van der Waals surface area (Å²) in [5.74, 6) is 0. The third-order valence-corrected chi connectivity index (χ3v) is 15.4. The van der Waals surface area contributed by atoms with Gasteiger partial charge in [-0.3, -0.25) is 0 Å². The molecule has 12 nitrogen and oxygen atoms in total. The highest BCUT2D eigenvalue weighted by Crippen LogP contribution is 2.39. The molecule has 0 saturated carbocycles. The number of benzene rings is 4. The van der Waals surface area contributed by atoms with E-state index in [1.165, 1.54) is 48.5 Å². The summed E-state index contributed by atoms with van der Waals surface area (Å²) in [6, 6.07) is 25.8. The second kappa shape index (κ2) is 15.5. The lowest BCUT2D eigenvalue weighted by molar-refractivity contribution is 0.600. The summed E-state index contributed by atoms with van der Waals surface area (Å²) < 4.78 is 100.0. The zero-order valence-corrected chi connectivity index (χ0v) is 37.8. The van der Waals surface area contributed by atoms with E-state index in [4.69, 9.17) is 20.0 Å². The fourth-order valence-corrected chi connectivity index (χ4v) is 10.3. The number of aliphatic imine (C=N–C) groups is 4. The Labute approximate surface area is 371 Å². The van der Waals surface area contributed by atoms with Crippen molar-refractivity contribution in [3.8, 4) is 0 Å². The van der Waals surface area contributed by atoms with Gasteiger partial charge < -0.3 is 0 Å². The van der Waals surface area contributed by atoms with Crippen molar-refractivity contribution >= 4 is 84.5 Å². The Morgan fingerprint density at radius 3 is 0.594 bits per heavy atom. The average molecular weight is 925 g/mol. The molecule has 16 heteroatoms. The van der Waals surface area contributed by atoms with Crippen molar-refractivity contribution in [3.63, 3.8) is 0 Å². The largest absolute Gasteiger partial charge is 0.248 e. The van der Waals surface area contributed by atoms with E-state index in [-0.39, 0.29) is 19.6 Å². The van der Waals surface area contributed by atoms with Gasteiger partial charge in [-0.25, -0.2) is 53.6 Å². The lowest BCUT2D eigenvalue weighted by Crippen LogP contribution is -2.05. The molecule has 9 rings (SSSR count). The molecule has 4 aromatic carbocycles. The van der Waals surface area contributed by atoms with E-state index < -0.39 is 39.3 Å². The van der Waals surface area contributed by atoms with Gasteiger partial charge in [0.05, 0.1) is 65.2 Å². The zero-order chi connectivity index (χ0) is 45.3. The van der Waals surface area contributed by atoms with Crippen molar-refractivity contribution < 1.29 is 33.7 Å². The molecule has 0 atom stereocenters. The Morgan fingerprint density at radius 1 is 0.266 bits per heavy atom. The van der Waals surface area contributed by atoms with Gasteiger partial charge in [0.15, 0.2) is 39.3 Å². The highest BCUT2D eigenvalue weighted by atomic mass is 32.2. The van der Waals surface area contributed by atoms with E-state index in [0.29, 0.717) is 90.2 Å². The summed E-state index contributed by atoms with van der Waals surface area (Å²) in [7, 11) is -14.1. The molecule has 0 N–H and O–H groups in total. The van der Waals surface area contributed by atoms with Crippen LogP contribution >= 0.6 is 0 Å². The van der Waals surface area contributed by atoms with Crippen LogP contribution in [-0.2, 0) is 39.3 Å². The summed E-state index contributed by atoms with van der Waals surface area (Å²) in [4.78, 5) is 21.2. The van der Waals surface area contributed by atoms with Gasteiger partial charge in [0.25, 0.3) is 0 Å². The lowest BCUT2D eigenvalue weighted by Gasteiger charge is -2.13. The first-order valence-electron chi connectivity index (χ1n) is 19.5. The zero-order valence-electron chi connectivity index (χ0n) is 34.5. The Kier molecular flexibility index (Phi) is 10.3. The SMILES string of the molecule is CS(=O)(=O)c1ccc(/C2=C3\C=CC(=N3)/C(c3ccc(S(C)(=O)=O)cc3)=C3/C=CC(=N3)/C(c3ccc(S(C)(=O)=O)cc3)=C3/C=CC(=N3)/C(c3ccc(S(C)(=O)=O)cc3)=C3/C=CC2=N3)cc1. The minimum Gasteiger partial charge on any atom is -0.248 e. The molecule has 0 unspecified atom stereocenters. The molecule has 0 saturated heterocycles. The van der Waals surface area contributed by atoms with Crippen LogP contribution in [0.5, 0.6) is 0 Å². The van der Waals surface area contributed by atoms with Crippen molar-refractivity contribution in [2.24, 2.45) is 20.0 Å². The van der Waals surface area contributed by atoms with Crippen molar-refractivity contribution in [2.45, 2.75) is 19.6 Å². The number of rotatable bonds is 8. The quantitative estimate of drug-likeness (QED) is 0.176. The highest BCUT2D eigenvalue weighted by Gasteiger charge is 2.28. The first-order chi connectivity index (χ1) is 30.2. The molecule has 5 heterocycles. The molecule has 0 spiro atoms. The molecular formula is C48H36N4O8S4. The monoisotopic (exact) mass is 924 g/mol. The lowest BCUT2D eigenvalue weighted by atomic mass is 9.98. The highest BCUT2D eigenvalue weighted by molar-refractivity contribution is 7.91. The van der Waals surface area contributed by atoms with E-state index in [0.717, 1.165) is 25.0 Å². The van der Waals surface area contributed by atoms with Crippen LogP contribution in [0.25, 0.3) is 22.3 Å². The molecule has 0 fully saturated rings. The Hall–Kier alpha value is -6.72. The van der Waals surface area contributed by atoms with Gasteiger partial charge in [-0.05, 0) is 119 Å². The van der Waals surface area contributed by atoms with Crippen molar-refractivity contribution in [3.05, 3.63) is 191 Å². The van der Waals surface area contributed by atoms with Gasteiger partial charge >= 0.3 is 0 Å². The molecule has 64 heavy (non-hydrogen) atoms. The first-order valence-corrected chi connectivity index (χ1v) is 27.1. The number of hydrogen-bond donors (Lipinski definition) is 0. The van der Waals surface area contributed by atoms with Crippen molar-refractivity contribution in [1.82, 2.24) is 0 Å². The minimum absolute atomic E-state index is 0.136. The summed E-state index contributed by atoms with van der Waals surface area (Å²) in [6.07, 6.45) is 19.2. The van der Waals surface area contributed by atoms with Crippen LogP contribution in [0.1, 0.15) is 22.3 Å². The molecule has 320 valence electrons. The van der Waals surface area contributed by atoms with Crippen LogP contribution in [0.3, 0.4) is 0 Å². The Bertz CT molecular complexity index is 3130. The summed E-state index contributed by atoms with van der Waals surface area (Å²) in [6.45, 7) is 0. The van der Waals surface area contributed by atoms with E-state index in [1.54, 1.807) is 48.5 Å². The van der Waals surface area contributed by atoms with Crippen LogP contribution in [0.4, 0.5) is 0 Å². The molecule has 0 radical (unpaired) electrons. The summed E-state index contributed by atoms with van der Waals surface area (Å²) >= 11 is 0. The number of fused-ring (bicyclic) bond motifs is 4. The molecule has 5 aliphatic rings. The number of nitrogens with zero attached hydrogens (tertiary/aromatic N) is 4. The molecule has 0 aromatic heterocycles.